The van der Waals surface area contributed by atoms with Crippen molar-refractivity contribution >= 4 is 25.8 Å². The molecule has 15 heteroatoms. The summed E-state index contributed by atoms with van der Waals surface area (Å²) in [4.78, 5) is 10.8. The molecule has 0 spiro atoms. The van der Waals surface area contributed by atoms with Gasteiger partial charge in [0.05, 0.1) is 0 Å². The number of hydrogen-bond acceptors (Lipinski definition) is 6. The first-order chi connectivity index (χ1) is 9.98. The number of alkyl halides is 6. The summed E-state index contributed by atoms with van der Waals surface area (Å²) in [6.07, 6.45) is -4.92. The quantitative estimate of drug-likeness (QED) is 0.704. The molecule has 0 radical (unpaired) electrons. The molecule has 0 saturated carbocycles. The fourth-order valence-corrected chi connectivity index (χ4v) is 4.91. The lowest BCUT2D eigenvalue weighted by Gasteiger charge is -2.23. The number of carbonyl (C=O) groups excluding carboxylic acids is 1. The Morgan fingerprint density at radius 1 is 1.00 bits per heavy atom. The third-order valence-corrected chi connectivity index (χ3v) is 6.95. The number of alkyl carbamates (subject to hydrolysis) is 1. The third kappa shape index (κ3) is 4.86. The Morgan fingerprint density at radius 3 is 1.61 bits per heavy atom. The van der Waals surface area contributed by atoms with Crippen LogP contribution in [0, 0.1) is 0 Å². The Hall–Kier alpha value is -1.25. The first-order valence-electron chi connectivity index (χ1n) is 5.47. The van der Waals surface area contributed by atoms with Gasteiger partial charge in [0.25, 0.3) is 19.7 Å². The molecule has 0 fully saturated rings. The second kappa shape index (κ2) is 6.70. The smallest absolute Gasteiger partial charge is 0.446 e. The molecule has 1 atom stereocenters. The predicted molar refractivity (Wildman–Crippen MR) is 63.4 cm³/mol. The van der Waals surface area contributed by atoms with E-state index in [1.807, 2.05) is 0 Å². The van der Waals surface area contributed by atoms with E-state index in [1.165, 1.54) is 0 Å². The van der Waals surface area contributed by atoms with Crippen LogP contribution in [0.4, 0.5) is 31.1 Å². The molecule has 1 unspecified atom stereocenters. The Bertz CT molecular complexity index is 593. The maximum absolute atomic E-state index is 12.4. The number of amides is 1. The van der Waals surface area contributed by atoms with Gasteiger partial charge in [0.1, 0.15) is 6.10 Å². The van der Waals surface area contributed by atoms with Crippen molar-refractivity contribution in [3.63, 3.8) is 0 Å². The standard InChI is InChI=1S/C8H11F6NO6S2/c1-4(21-6(16)15-2)3-5(22(17,18)7(9,10)11)23(19,20)8(12,13)14/h4-5H,3H2,1-2H3,(H,15,16). The van der Waals surface area contributed by atoms with Gasteiger partial charge in [-0.25, -0.2) is 21.6 Å². The number of sulfone groups is 2. The van der Waals surface area contributed by atoms with E-state index in [2.05, 4.69) is 4.74 Å². The van der Waals surface area contributed by atoms with Crippen LogP contribution < -0.4 is 5.32 Å². The monoisotopic (exact) mass is 395 g/mol. The number of rotatable bonds is 5. The van der Waals surface area contributed by atoms with Gasteiger partial charge in [-0.1, -0.05) is 0 Å². The fraction of sp³-hybridized carbons (Fsp3) is 0.875. The predicted octanol–water partition coefficient (Wildman–Crippen LogP) is 1.32. The van der Waals surface area contributed by atoms with Crippen LogP contribution in [0.1, 0.15) is 13.3 Å². The summed E-state index contributed by atoms with van der Waals surface area (Å²) in [6.45, 7) is 0.736. The lowest BCUT2D eigenvalue weighted by atomic mass is 10.3. The van der Waals surface area contributed by atoms with Gasteiger partial charge in [-0.05, 0) is 6.92 Å². The Balaban J connectivity index is 5.94. The van der Waals surface area contributed by atoms with Crippen molar-refractivity contribution in [3.8, 4) is 0 Å². The summed E-state index contributed by atoms with van der Waals surface area (Å²) in [5.41, 5.74) is -12.5. The SMILES string of the molecule is CNC(=O)OC(C)CC(S(=O)(=O)C(F)(F)F)S(=O)(=O)C(F)(F)F. The van der Waals surface area contributed by atoms with Crippen LogP contribution in [-0.2, 0) is 24.4 Å². The van der Waals surface area contributed by atoms with Crippen molar-refractivity contribution in [2.45, 2.75) is 35.0 Å². The highest BCUT2D eigenvalue weighted by atomic mass is 32.3. The second-order valence-corrected chi connectivity index (χ2v) is 8.66. The van der Waals surface area contributed by atoms with Gasteiger partial charge in [-0.2, -0.15) is 26.3 Å². The van der Waals surface area contributed by atoms with Crippen molar-refractivity contribution in [2.24, 2.45) is 0 Å². The van der Waals surface area contributed by atoms with Crippen LogP contribution >= 0.6 is 0 Å². The first-order valence-corrected chi connectivity index (χ1v) is 8.56. The van der Waals surface area contributed by atoms with Gasteiger partial charge in [0, 0.05) is 13.5 Å². The van der Waals surface area contributed by atoms with Gasteiger partial charge in [0.2, 0.25) is 0 Å². The Kier molecular flexibility index (Phi) is 6.34. The van der Waals surface area contributed by atoms with E-state index in [4.69, 9.17) is 0 Å². The van der Waals surface area contributed by atoms with E-state index in [0.717, 1.165) is 14.0 Å². The Labute approximate surface area is 126 Å². The lowest BCUT2D eigenvalue weighted by molar-refractivity contribution is -0.0476. The maximum atomic E-state index is 12.4. The van der Waals surface area contributed by atoms with Crippen LogP contribution in [0.2, 0.25) is 0 Å². The van der Waals surface area contributed by atoms with Crippen molar-refractivity contribution in [1.82, 2.24) is 5.32 Å². The molecule has 23 heavy (non-hydrogen) atoms. The summed E-state index contributed by atoms with van der Waals surface area (Å²) in [5, 5.41) is 1.80. The highest BCUT2D eigenvalue weighted by Gasteiger charge is 2.63. The Morgan fingerprint density at radius 2 is 1.35 bits per heavy atom. The molecule has 0 heterocycles. The second-order valence-electron chi connectivity index (χ2n) is 4.11. The molecule has 0 saturated heterocycles. The number of carbonyl (C=O) groups is 1. The van der Waals surface area contributed by atoms with Gasteiger partial charge in [-0.3, -0.25) is 0 Å². The first kappa shape index (κ1) is 21.8. The molecule has 1 N–H and O–H groups in total. The van der Waals surface area contributed by atoms with Crippen molar-refractivity contribution in [1.29, 1.82) is 0 Å². The van der Waals surface area contributed by atoms with E-state index in [0.29, 0.717) is 0 Å². The molecule has 0 aromatic rings. The van der Waals surface area contributed by atoms with E-state index < -0.39 is 53.9 Å². The number of nitrogens with one attached hydrogen (secondary N) is 1. The highest BCUT2D eigenvalue weighted by Crippen LogP contribution is 2.38. The summed E-state index contributed by atoms with van der Waals surface area (Å²) < 4.78 is 120. The number of halogens is 6. The highest BCUT2D eigenvalue weighted by molar-refractivity contribution is 8.09. The third-order valence-electron chi connectivity index (χ3n) is 2.37. The molecule has 0 rings (SSSR count). The molecule has 0 aromatic heterocycles. The summed E-state index contributed by atoms with van der Waals surface area (Å²) in [7, 11) is -12.5. The average Bonchev–Trinajstić information content (AvgIpc) is 2.32. The zero-order valence-electron chi connectivity index (χ0n) is 11.4. The molecule has 0 aliphatic rings. The fourth-order valence-electron chi connectivity index (χ4n) is 1.28. The molecule has 0 bridgehead atoms. The maximum Gasteiger partial charge on any atom is 0.498 e. The van der Waals surface area contributed by atoms with Gasteiger partial charge < -0.3 is 10.1 Å². The summed E-state index contributed by atoms with van der Waals surface area (Å²) >= 11 is 0. The van der Waals surface area contributed by atoms with E-state index >= 15 is 0 Å². The molecule has 7 nitrogen and oxygen atoms in total. The zero-order chi connectivity index (χ0) is 18.9. The molecule has 138 valence electrons. The van der Waals surface area contributed by atoms with Crippen LogP contribution in [0.25, 0.3) is 0 Å². The molecular weight excluding hydrogens is 384 g/mol. The zero-order valence-corrected chi connectivity index (χ0v) is 13.0. The number of hydrogen-bond donors (Lipinski definition) is 1. The summed E-state index contributed by atoms with van der Waals surface area (Å²) in [6, 6.07) is 0. The van der Waals surface area contributed by atoms with Crippen LogP contribution in [0.3, 0.4) is 0 Å². The minimum Gasteiger partial charge on any atom is -0.446 e. The van der Waals surface area contributed by atoms with Crippen molar-refractivity contribution < 1.29 is 52.7 Å². The van der Waals surface area contributed by atoms with E-state index in [-0.39, 0.29) is 0 Å². The van der Waals surface area contributed by atoms with E-state index in [1.54, 1.807) is 5.32 Å². The molecule has 0 aromatic carbocycles. The molecule has 0 aliphatic heterocycles. The minimum absolute atomic E-state index is 0.736. The summed E-state index contributed by atoms with van der Waals surface area (Å²) in [5.74, 6) is 0. The molecule has 1 amide bonds. The van der Waals surface area contributed by atoms with Crippen LogP contribution in [-0.4, -0.2) is 51.7 Å². The topological polar surface area (TPSA) is 107 Å². The largest absolute Gasteiger partial charge is 0.498 e. The molecule has 0 aliphatic carbocycles. The van der Waals surface area contributed by atoms with Gasteiger partial charge in [0.15, 0.2) is 4.58 Å². The number of ether oxygens (including phenoxy) is 1. The normalized spacial score (nSPS) is 15.3. The van der Waals surface area contributed by atoms with Crippen molar-refractivity contribution in [2.75, 3.05) is 7.05 Å². The average molecular weight is 395 g/mol. The minimum atomic E-state index is -6.74. The molecular formula is C8H11F6NO6S2. The van der Waals surface area contributed by atoms with E-state index in [9.17, 15) is 48.0 Å². The van der Waals surface area contributed by atoms with Crippen LogP contribution in [0.5, 0.6) is 0 Å². The van der Waals surface area contributed by atoms with Gasteiger partial charge >= 0.3 is 17.1 Å². The van der Waals surface area contributed by atoms with Crippen LogP contribution in [0.15, 0.2) is 0 Å². The van der Waals surface area contributed by atoms with Crippen molar-refractivity contribution in [3.05, 3.63) is 0 Å². The van der Waals surface area contributed by atoms with Gasteiger partial charge in [-0.15, -0.1) is 0 Å². The lowest BCUT2D eigenvalue weighted by Crippen LogP contribution is -2.46.